The third-order valence-corrected chi connectivity index (χ3v) is 2.42. The third-order valence-electron chi connectivity index (χ3n) is 2.42. The van der Waals surface area contributed by atoms with Crippen molar-refractivity contribution in [1.82, 2.24) is 14.8 Å². The van der Waals surface area contributed by atoms with Crippen molar-refractivity contribution in [3.05, 3.63) is 11.6 Å². The topological polar surface area (TPSA) is 69.4 Å². The quantitative estimate of drug-likeness (QED) is 0.758. The van der Waals surface area contributed by atoms with E-state index in [-0.39, 0.29) is 12.7 Å². The van der Waals surface area contributed by atoms with Crippen LogP contribution >= 0.6 is 0 Å². The molecule has 84 valence electrons. The van der Waals surface area contributed by atoms with Crippen molar-refractivity contribution in [3.63, 3.8) is 0 Å². The highest BCUT2D eigenvalue weighted by molar-refractivity contribution is 4.99. The first kappa shape index (κ1) is 10.5. The Hall–Kier alpha value is -0.980. The van der Waals surface area contributed by atoms with Crippen molar-refractivity contribution in [3.8, 4) is 0 Å². The first-order chi connectivity index (χ1) is 7.36. The van der Waals surface area contributed by atoms with Gasteiger partial charge in [0.15, 0.2) is 11.6 Å². The molecule has 0 aromatic carbocycles. The molecule has 1 N–H and O–H groups in total. The normalized spacial score (nSPS) is 21.9. The van der Waals surface area contributed by atoms with Gasteiger partial charge in [0.05, 0.1) is 19.8 Å². The molecule has 0 radical (unpaired) electrons. The highest BCUT2D eigenvalue weighted by Crippen LogP contribution is 2.19. The predicted molar refractivity (Wildman–Crippen MR) is 51.1 cm³/mol. The fraction of sp³-hybridized carbons (Fsp3) is 0.778. The number of hydrogen-bond acceptors (Lipinski definition) is 5. The Morgan fingerprint density at radius 1 is 1.47 bits per heavy atom. The van der Waals surface area contributed by atoms with Gasteiger partial charge in [0, 0.05) is 6.54 Å². The second-order valence-electron chi connectivity index (χ2n) is 3.31. The fourth-order valence-electron chi connectivity index (χ4n) is 1.69. The second kappa shape index (κ2) is 4.69. The van der Waals surface area contributed by atoms with Crippen LogP contribution in [0.15, 0.2) is 0 Å². The molecule has 1 saturated heterocycles. The second-order valence-corrected chi connectivity index (χ2v) is 3.31. The van der Waals surface area contributed by atoms with Gasteiger partial charge in [-0.2, -0.15) is 0 Å². The maximum Gasteiger partial charge on any atom is 0.164 e. The molecule has 6 nitrogen and oxygen atoms in total. The van der Waals surface area contributed by atoms with E-state index in [0.29, 0.717) is 25.6 Å². The van der Waals surface area contributed by atoms with Gasteiger partial charge >= 0.3 is 0 Å². The van der Waals surface area contributed by atoms with Crippen molar-refractivity contribution >= 4 is 0 Å². The lowest BCUT2D eigenvalue weighted by Gasteiger charge is -2.22. The minimum atomic E-state index is -0.161. The summed E-state index contributed by atoms with van der Waals surface area (Å²) in [6.45, 7) is 4.31. The summed E-state index contributed by atoms with van der Waals surface area (Å²) in [4.78, 5) is 0. The smallest absolute Gasteiger partial charge is 0.164 e. The van der Waals surface area contributed by atoms with Crippen LogP contribution in [-0.4, -0.2) is 39.7 Å². The minimum Gasteiger partial charge on any atom is -0.388 e. The Bertz CT molecular complexity index is 320. The van der Waals surface area contributed by atoms with E-state index < -0.39 is 0 Å². The van der Waals surface area contributed by atoms with Gasteiger partial charge in [0.2, 0.25) is 0 Å². The van der Waals surface area contributed by atoms with E-state index in [0.717, 1.165) is 12.4 Å². The van der Waals surface area contributed by atoms with E-state index in [1.165, 1.54) is 0 Å². The van der Waals surface area contributed by atoms with Crippen LogP contribution in [0.3, 0.4) is 0 Å². The zero-order valence-corrected chi connectivity index (χ0v) is 8.72. The SMILES string of the molecule is CCn1c(CO)nnc1C1COCCO1. The van der Waals surface area contributed by atoms with Gasteiger partial charge in [0.25, 0.3) is 0 Å². The minimum absolute atomic E-state index is 0.103. The molecule has 0 bridgehead atoms. The molecule has 1 aromatic rings. The van der Waals surface area contributed by atoms with Crippen LogP contribution in [0.25, 0.3) is 0 Å². The molecular weight excluding hydrogens is 198 g/mol. The van der Waals surface area contributed by atoms with E-state index in [4.69, 9.17) is 14.6 Å². The van der Waals surface area contributed by atoms with Crippen LogP contribution in [0.4, 0.5) is 0 Å². The van der Waals surface area contributed by atoms with Crippen LogP contribution in [0.1, 0.15) is 24.7 Å². The lowest BCUT2D eigenvalue weighted by Crippen LogP contribution is -2.25. The van der Waals surface area contributed by atoms with Crippen LogP contribution in [0.5, 0.6) is 0 Å². The number of ether oxygens (including phenoxy) is 2. The number of nitrogens with zero attached hydrogens (tertiary/aromatic N) is 3. The highest BCUT2D eigenvalue weighted by atomic mass is 16.6. The predicted octanol–water partition coefficient (Wildman–Crippen LogP) is -0.122. The zero-order chi connectivity index (χ0) is 10.7. The first-order valence-electron chi connectivity index (χ1n) is 5.09. The average molecular weight is 213 g/mol. The molecule has 1 unspecified atom stereocenters. The van der Waals surface area contributed by atoms with Gasteiger partial charge in [-0.1, -0.05) is 0 Å². The molecule has 0 aliphatic carbocycles. The van der Waals surface area contributed by atoms with Crippen molar-refractivity contribution < 1.29 is 14.6 Å². The summed E-state index contributed by atoms with van der Waals surface area (Å²) in [6.07, 6.45) is -0.161. The summed E-state index contributed by atoms with van der Waals surface area (Å²) in [5.74, 6) is 1.31. The van der Waals surface area contributed by atoms with Gasteiger partial charge in [-0.3, -0.25) is 0 Å². The summed E-state index contributed by atoms with van der Waals surface area (Å²) >= 11 is 0. The molecule has 0 saturated carbocycles. The average Bonchev–Trinajstić information content (AvgIpc) is 2.72. The van der Waals surface area contributed by atoms with Gasteiger partial charge in [-0.15, -0.1) is 10.2 Å². The van der Waals surface area contributed by atoms with Gasteiger partial charge in [0.1, 0.15) is 12.7 Å². The maximum absolute atomic E-state index is 9.07. The number of aliphatic hydroxyl groups excluding tert-OH is 1. The molecule has 1 atom stereocenters. The Balaban J connectivity index is 2.22. The van der Waals surface area contributed by atoms with Crippen molar-refractivity contribution in [2.24, 2.45) is 0 Å². The van der Waals surface area contributed by atoms with Crippen LogP contribution < -0.4 is 0 Å². The van der Waals surface area contributed by atoms with E-state index in [1.807, 2.05) is 11.5 Å². The Morgan fingerprint density at radius 2 is 2.33 bits per heavy atom. The molecular formula is C9H15N3O3. The molecule has 1 fully saturated rings. The summed E-state index contributed by atoms with van der Waals surface area (Å²) in [7, 11) is 0. The Morgan fingerprint density at radius 3 is 2.93 bits per heavy atom. The van der Waals surface area contributed by atoms with E-state index in [9.17, 15) is 0 Å². The summed E-state index contributed by atoms with van der Waals surface area (Å²) < 4.78 is 12.7. The van der Waals surface area contributed by atoms with E-state index in [2.05, 4.69) is 10.2 Å². The monoisotopic (exact) mass is 213 g/mol. The largest absolute Gasteiger partial charge is 0.388 e. The standard InChI is InChI=1S/C9H15N3O3/c1-2-12-8(5-13)10-11-9(12)7-6-14-3-4-15-7/h7,13H,2-6H2,1H3. The summed E-state index contributed by atoms with van der Waals surface area (Å²) in [5, 5.41) is 17.0. The summed E-state index contributed by atoms with van der Waals surface area (Å²) in [6, 6.07) is 0. The molecule has 0 amide bonds. The lowest BCUT2D eigenvalue weighted by molar-refractivity contribution is -0.0948. The van der Waals surface area contributed by atoms with Crippen LogP contribution in [0, 0.1) is 0 Å². The zero-order valence-electron chi connectivity index (χ0n) is 8.72. The number of hydrogen-bond donors (Lipinski definition) is 1. The number of rotatable bonds is 3. The third kappa shape index (κ3) is 2.01. The molecule has 2 heterocycles. The van der Waals surface area contributed by atoms with Crippen molar-refractivity contribution in [1.29, 1.82) is 0 Å². The molecule has 1 aromatic heterocycles. The van der Waals surface area contributed by atoms with E-state index >= 15 is 0 Å². The van der Waals surface area contributed by atoms with Gasteiger partial charge < -0.3 is 19.1 Å². The van der Waals surface area contributed by atoms with Gasteiger partial charge in [-0.05, 0) is 6.92 Å². The number of aromatic nitrogens is 3. The lowest BCUT2D eigenvalue weighted by atomic mass is 10.3. The Kier molecular flexibility index (Phi) is 3.30. The molecule has 15 heavy (non-hydrogen) atoms. The molecule has 1 aliphatic heterocycles. The van der Waals surface area contributed by atoms with Crippen molar-refractivity contribution in [2.45, 2.75) is 26.2 Å². The summed E-state index contributed by atoms with van der Waals surface area (Å²) in [5.41, 5.74) is 0. The van der Waals surface area contributed by atoms with Crippen LogP contribution in [0.2, 0.25) is 0 Å². The van der Waals surface area contributed by atoms with Crippen molar-refractivity contribution in [2.75, 3.05) is 19.8 Å². The Labute approximate surface area is 87.8 Å². The molecule has 2 rings (SSSR count). The maximum atomic E-state index is 9.07. The molecule has 0 spiro atoms. The van der Waals surface area contributed by atoms with Crippen LogP contribution in [-0.2, 0) is 22.6 Å². The molecule has 1 aliphatic rings. The fourth-order valence-corrected chi connectivity index (χ4v) is 1.69. The van der Waals surface area contributed by atoms with Gasteiger partial charge in [-0.25, -0.2) is 0 Å². The molecule has 6 heteroatoms. The first-order valence-corrected chi connectivity index (χ1v) is 5.09. The van der Waals surface area contributed by atoms with E-state index in [1.54, 1.807) is 0 Å². The highest BCUT2D eigenvalue weighted by Gasteiger charge is 2.23. The number of aliphatic hydroxyl groups is 1.